The van der Waals surface area contributed by atoms with E-state index in [4.69, 9.17) is 11.6 Å². The van der Waals surface area contributed by atoms with E-state index in [9.17, 15) is 22.8 Å². The molecule has 2 aliphatic rings. The van der Waals surface area contributed by atoms with Gasteiger partial charge in [-0.25, -0.2) is 0 Å². The highest BCUT2D eigenvalue weighted by atomic mass is 35.5. The Balaban J connectivity index is 1.77. The van der Waals surface area contributed by atoms with Gasteiger partial charge in [-0.3, -0.25) is 14.9 Å². The average molecular weight is 443 g/mol. The molecule has 2 amide bonds. The zero-order valence-electron chi connectivity index (χ0n) is 16.1. The van der Waals surface area contributed by atoms with Crippen molar-refractivity contribution in [3.63, 3.8) is 0 Å². The van der Waals surface area contributed by atoms with Crippen LogP contribution in [0.5, 0.6) is 5.75 Å². The molecule has 2 atom stereocenters. The number of hydrogen-bond donors (Lipinski definition) is 2. The van der Waals surface area contributed by atoms with E-state index in [1.807, 2.05) is 0 Å². The molecule has 30 heavy (non-hydrogen) atoms. The Morgan fingerprint density at radius 2 is 2.03 bits per heavy atom. The number of para-hydroxylation sites is 1. The molecule has 1 aliphatic heterocycles. The van der Waals surface area contributed by atoms with Gasteiger partial charge in [0.15, 0.2) is 0 Å². The SMILES string of the molecule is O=C(CC1(Cl)CC=CC=C1c1ccccc1OC(F)(F)F)NC(=O)C1CCCCN1. The number of imide groups is 1. The van der Waals surface area contributed by atoms with Crippen LogP contribution in [0.25, 0.3) is 5.57 Å². The first-order valence-electron chi connectivity index (χ1n) is 9.66. The van der Waals surface area contributed by atoms with Crippen LogP contribution in [0.4, 0.5) is 13.2 Å². The van der Waals surface area contributed by atoms with Gasteiger partial charge in [-0.05, 0) is 37.4 Å². The first-order chi connectivity index (χ1) is 14.2. The Morgan fingerprint density at radius 3 is 2.73 bits per heavy atom. The Labute approximate surface area is 177 Å². The van der Waals surface area contributed by atoms with Crippen molar-refractivity contribution in [2.45, 2.75) is 49.4 Å². The van der Waals surface area contributed by atoms with E-state index in [0.29, 0.717) is 18.5 Å². The van der Waals surface area contributed by atoms with E-state index >= 15 is 0 Å². The molecule has 1 saturated heterocycles. The summed E-state index contributed by atoms with van der Waals surface area (Å²) in [6.07, 6.45) is 2.53. The zero-order chi connectivity index (χ0) is 21.8. The van der Waals surface area contributed by atoms with Crippen molar-refractivity contribution in [1.82, 2.24) is 10.6 Å². The summed E-state index contributed by atoms with van der Waals surface area (Å²) in [6.45, 7) is 0.708. The van der Waals surface area contributed by atoms with Gasteiger partial charge >= 0.3 is 6.36 Å². The molecule has 3 rings (SSSR count). The number of carbonyl (C=O) groups excluding carboxylic acids is 2. The van der Waals surface area contributed by atoms with Gasteiger partial charge < -0.3 is 10.1 Å². The fraction of sp³-hybridized carbons (Fsp3) is 0.429. The zero-order valence-corrected chi connectivity index (χ0v) is 16.9. The molecule has 0 bridgehead atoms. The highest BCUT2D eigenvalue weighted by molar-refractivity contribution is 6.32. The number of piperidine rings is 1. The molecule has 1 heterocycles. The van der Waals surface area contributed by atoms with E-state index in [1.165, 1.54) is 18.2 Å². The predicted octanol–water partition coefficient (Wildman–Crippen LogP) is 4.08. The number of amides is 2. The van der Waals surface area contributed by atoms with Crippen LogP contribution in [0, 0.1) is 0 Å². The molecule has 1 aliphatic carbocycles. The van der Waals surface area contributed by atoms with Crippen molar-refractivity contribution in [3.05, 3.63) is 48.1 Å². The fourth-order valence-electron chi connectivity index (χ4n) is 3.68. The molecule has 0 radical (unpaired) electrons. The Morgan fingerprint density at radius 1 is 1.27 bits per heavy atom. The molecule has 5 nitrogen and oxygen atoms in total. The molecule has 2 unspecified atom stereocenters. The van der Waals surface area contributed by atoms with E-state index in [2.05, 4.69) is 15.4 Å². The lowest BCUT2D eigenvalue weighted by atomic mass is 9.83. The molecule has 1 aromatic rings. The van der Waals surface area contributed by atoms with Crippen molar-refractivity contribution >= 4 is 29.0 Å². The molecular weight excluding hydrogens is 421 g/mol. The second kappa shape index (κ2) is 9.22. The minimum atomic E-state index is -4.87. The number of allylic oxidation sites excluding steroid dienone is 4. The van der Waals surface area contributed by atoms with Gasteiger partial charge in [0.05, 0.1) is 17.3 Å². The third-order valence-electron chi connectivity index (χ3n) is 5.06. The average Bonchev–Trinajstić information content (AvgIpc) is 2.68. The molecule has 2 N–H and O–H groups in total. The number of halogens is 4. The van der Waals surface area contributed by atoms with Crippen LogP contribution in [0.1, 0.15) is 37.7 Å². The second-order valence-electron chi connectivity index (χ2n) is 7.31. The van der Waals surface area contributed by atoms with Crippen LogP contribution in [0.3, 0.4) is 0 Å². The first-order valence-corrected chi connectivity index (χ1v) is 10.0. The topological polar surface area (TPSA) is 67.4 Å². The van der Waals surface area contributed by atoms with E-state index in [0.717, 1.165) is 12.8 Å². The van der Waals surface area contributed by atoms with Crippen molar-refractivity contribution in [2.75, 3.05) is 6.54 Å². The van der Waals surface area contributed by atoms with Crippen LogP contribution in [0.2, 0.25) is 0 Å². The molecule has 0 spiro atoms. The van der Waals surface area contributed by atoms with Gasteiger partial charge in [-0.2, -0.15) is 0 Å². The molecule has 9 heteroatoms. The summed E-state index contributed by atoms with van der Waals surface area (Å²) >= 11 is 6.74. The highest BCUT2D eigenvalue weighted by Crippen LogP contribution is 2.45. The smallest absolute Gasteiger partial charge is 0.405 e. The summed E-state index contributed by atoms with van der Waals surface area (Å²) in [5.41, 5.74) is 0.465. The van der Waals surface area contributed by atoms with Crippen molar-refractivity contribution in [1.29, 1.82) is 0 Å². The summed E-state index contributed by atoms with van der Waals surface area (Å²) in [4.78, 5) is 23.5. The van der Waals surface area contributed by atoms with Crippen LogP contribution in [-0.4, -0.2) is 35.6 Å². The number of carbonyl (C=O) groups is 2. The third-order valence-corrected chi connectivity index (χ3v) is 5.55. The Bertz CT molecular complexity index is 863. The molecule has 1 aromatic carbocycles. The van der Waals surface area contributed by atoms with E-state index in [1.54, 1.807) is 24.3 Å². The summed E-state index contributed by atoms with van der Waals surface area (Å²) in [5, 5.41) is 5.42. The Hall–Kier alpha value is -2.32. The number of alkyl halides is 4. The maximum atomic E-state index is 12.8. The summed E-state index contributed by atoms with van der Waals surface area (Å²) in [5.74, 6) is -1.41. The number of rotatable bonds is 5. The third kappa shape index (κ3) is 5.64. The van der Waals surface area contributed by atoms with Crippen LogP contribution < -0.4 is 15.4 Å². The number of nitrogens with one attached hydrogen (secondary N) is 2. The molecule has 1 fully saturated rings. The Kier molecular flexibility index (Phi) is 6.88. The fourth-order valence-corrected chi connectivity index (χ4v) is 4.05. The van der Waals surface area contributed by atoms with Gasteiger partial charge in [-0.15, -0.1) is 24.8 Å². The van der Waals surface area contributed by atoms with E-state index in [-0.39, 0.29) is 18.4 Å². The minimum Gasteiger partial charge on any atom is -0.405 e. The van der Waals surface area contributed by atoms with E-state index < -0.39 is 34.8 Å². The molecule has 0 saturated carbocycles. The maximum absolute atomic E-state index is 12.8. The maximum Gasteiger partial charge on any atom is 0.573 e. The number of benzene rings is 1. The standard InChI is InChI=1S/C21H22ClF3N2O3/c22-20(13-18(28)27-19(29)16-9-4-6-12-26-16)11-5-3-8-15(20)14-7-1-2-10-17(14)30-21(23,24)25/h1-3,5,7-8,10,16,26H,4,6,9,11-13H2,(H,27,28,29). The largest absolute Gasteiger partial charge is 0.573 e. The quantitative estimate of drug-likeness (QED) is 0.674. The summed E-state index contributed by atoms with van der Waals surface area (Å²) in [6, 6.07) is 5.20. The summed E-state index contributed by atoms with van der Waals surface area (Å²) in [7, 11) is 0. The van der Waals surface area contributed by atoms with Gasteiger partial charge in [0.2, 0.25) is 11.8 Å². The lowest BCUT2D eigenvalue weighted by Gasteiger charge is -2.32. The van der Waals surface area contributed by atoms with Crippen LogP contribution in [-0.2, 0) is 9.59 Å². The molecular formula is C21H22ClF3N2O3. The monoisotopic (exact) mass is 442 g/mol. The van der Waals surface area contributed by atoms with Gasteiger partial charge in [-0.1, -0.05) is 42.8 Å². The van der Waals surface area contributed by atoms with Crippen molar-refractivity contribution in [3.8, 4) is 5.75 Å². The highest BCUT2D eigenvalue weighted by Gasteiger charge is 2.39. The predicted molar refractivity (Wildman–Crippen MR) is 107 cm³/mol. The van der Waals surface area contributed by atoms with Gasteiger partial charge in [0.1, 0.15) is 5.75 Å². The first kappa shape index (κ1) is 22.4. The molecule has 162 valence electrons. The summed E-state index contributed by atoms with van der Waals surface area (Å²) < 4.78 is 42.6. The van der Waals surface area contributed by atoms with Crippen LogP contribution in [0.15, 0.2) is 42.5 Å². The minimum absolute atomic E-state index is 0.141. The number of ether oxygens (including phenoxy) is 1. The second-order valence-corrected chi connectivity index (χ2v) is 8.04. The lowest BCUT2D eigenvalue weighted by Crippen LogP contribution is -2.49. The van der Waals surface area contributed by atoms with Gasteiger partial charge in [0, 0.05) is 5.56 Å². The number of hydrogen-bond acceptors (Lipinski definition) is 4. The van der Waals surface area contributed by atoms with Crippen molar-refractivity contribution < 1.29 is 27.5 Å². The molecule has 0 aromatic heterocycles. The van der Waals surface area contributed by atoms with Gasteiger partial charge in [0.25, 0.3) is 0 Å². The van der Waals surface area contributed by atoms with Crippen molar-refractivity contribution in [2.24, 2.45) is 0 Å². The van der Waals surface area contributed by atoms with Crippen LogP contribution >= 0.6 is 11.6 Å². The lowest BCUT2D eigenvalue weighted by molar-refractivity contribution is -0.274. The normalized spacial score (nSPS) is 24.1.